The zero-order chi connectivity index (χ0) is 12.4. The van der Waals surface area contributed by atoms with Crippen molar-refractivity contribution in [3.05, 3.63) is 24.0 Å². The number of hydrogen-bond acceptors (Lipinski definition) is 3. The van der Waals surface area contributed by atoms with E-state index in [0.29, 0.717) is 17.4 Å². The SMILES string of the molecule is CN(CC(=O)NC1CC1)c1ccc(N)cc1F. The van der Waals surface area contributed by atoms with Gasteiger partial charge in [0, 0.05) is 18.8 Å². The second kappa shape index (κ2) is 4.61. The van der Waals surface area contributed by atoms with Crippen LogP contribution in [-0.4, -0.2) is 25.5 Å². The van der Waals surface area contributed by atoms with Crippen LogP contribution in [0.5, 0.6) is 0 Å². The molecule has 0 unspecified atom stereocenters. The molecule has 1 amide bonds. The largest absolute Gasteiger partial charge is 0.399 e. The highest BCUT2D eigenvalue weighted by atomic mass is 19.1. The summed E-state index contributed by atoms with van der Waals surface area (Å²) >= 11 is 0. The van der Waals surface area contributed by atoms with E-state index in [2.05, 4.69) is 5.32 Å². The Balaban J connectivity index is 1.97. The molecule has 0 radical (unpaired) electrons. The number of halogens is 1. The highest BCUT2D eigenvalue weighted by molar-refractivity contribution is 5.81. The third-order valence-corrected chi connectivity index (χ3v) is 2.71. The number of likely N-dealkylation sites (N-methyl/N-ethyl adjacent to an activating group) is 1. The Morgan fingerprint density at radius 3 is 2.88 bits per heavy atom. The number of hydrogen-bond donors (Lipinski definition) is 2. The summed E-state index contributed by atoms with van der Waals surface area (Å²) in [6, 6.07) is 4.78. The predicted molar refractivity (Wildman–Crippen MR) is 65.2 cm³/mol. The molecule has 17 heavy (non-hydrogen) atoms. The van der Waals surface area contributed by atoms with E-state index in [1.54, 1.807) is 24.1 Å². The topological polar surface area (TPSA) is 58.4 Å². The smallest absolute Gasteiger partial charge is 0.239 e. The number of amides is 1. The molecule has 0 aromatic heterocycles. The first-order valence-corrected chi connectivity index (χ1v) is 5.62. The fourth-order valence-electron chi connectivity index (χ4n) is 1.63. The summed E-state index contributed by atoms with van der Waals surface area (Å²) in [7, 11) is 1.68. The summed E-state index contributed by atoms with van der Waals surface area (Å²) in [5, 5.41) is 2.86. The molecule has 0 heterocycles. The van der Waals surface area contributed by atoms with Crippen LogP contribution in [0.15, 0.2) is 18.2 Å². The molecule has 1 fully saturated rings. The molecule has 0 bridgehead atoms. The van der Waals surface area contributed by atoms with Crippen LogP contribution in [0.2, 0.25) is 0 Å². The van der Waals surface area contributed by atoms with Crippen LogP contribution in [0.4, 0.5) is 15.8 Å². The summed E-state index contributed by atoms with van der Waals surface area (Å²) in [6.07, 6.45) is 2.09. The monoisotopic (exact) mass is 237 g/mol. The lowest BCUT2D eigenvalue weighted by Crippen LogP contribution is -2.36. The zero-order valence-electron chi connectivity index (χ0n) is 9.74. The van der Waals surface area contributed by atoms with E-state index in [0.717, 1.165) is 12.8 Å². The Kier molecular flexibility index (Phi) is 3.17. The molecule has 92 valence electrons. The highest BCUT2D eigenvalue weighted by Crippen LogP contribution is 2.21. The fraction of sp³-hybridized carbons (Fsp3) is 0.417. The first-order valence-electron chi connectivity index (χ1n) is 5.62. The maximum Gasteiger partial charge on any atom is 0.239 e. The van der Waals surface area contributed by atoms with Crippen molar-refractivity contribution in [1.29, 1.82) is 0 Å². The molecule has 2 rings (SSSR count). The molecule has 1 aliphatic rings. The van der Waals surface area contributed by atoms with Gasteiger partial charge in [-0.2, -0.15) is 0 Å². The van der Waals surface area contributed by atoms with Crippen molar-refractivity contribution in [2.24, 2.45) is 0 Å². The highest BCUT2D eigenvalue weighted by Gasteiger charge is 2.23. The maximum atomic E-state index is 13.6. The minimum Gasteiger partial charge on any atom is -0.399 e. The van der Waals surface area contributed by atoms with E-state index in [-0.39, 0.29) is 12.5 Å². The van der Waals surface area contributed by atoms with Crippen molar-refractivity contribution in [3.8, 4) is 0 Å². The van der Waals surface area contributed by atoms with Crippen molar-refractivity contribution in [3.63, 3.8) is 0 Å². The van der Waals surface area contributed by atoms with Crippen molar-refractivity contribution < 1.29 is 9.18 Å². The van der Waals surface area contributed by atoms with Gasteiger partial charge in [-0.3, -0.25) is 4.79 Å². The van der Waals surface area contributed by atoms with Gasteiger partial charge in [0.25, 0.3) is 0 Å². The predicted octanol–water partition coefficient (Wildman–Crippen LogP) is 1.12. The third-order valence-electron chi connectivity index (χ3n) is 2.71. The van der Waals surface area contributed by atoms with Crippen LogP contribution in [0.1, 0.15) is 12.8 Å². The molecule has 1 saturated carbocycles. The number of carbonyl (C=O) groups excluding carboxylic acids is 1. The molecule has 3 N–H and O–H groups in total. The van der Waals surface area contributed by atoms with Crippen LogP contribution in [0, 0.1) is 5.82 Å². The molecular formula is C12H16FN3O. The van der Waals surface area contributed by atoms with Gasteiger partial charge in [0.2, 0.25) is 5.91 Å². The molecule has 0 spiro atoms. The lowest BCUT2D eigenvalue weighted by atomic mass is 10.2. The number of nitrogens with two attached hydrogens (primary N) is 1. The van der Waals surface area contributed by atoms with E-state index in [4.69, 9.17) is 5.73 Å². The van der Waals surface area contributed by atoms with Gasteiger partial charge < -0.3 is 16.0 Å². The van der Waals surface area contributed by atoms with E-state index in [9.17, 15) is 9.18 Å². The lowest BCUT2D eigenvalue weighted by Gasteiger charge is -2.19. The minimum atomic E-state index is -0.410. The maximum absolute atomic E-state index is 13.6. The first-order chi connectivity index (χ1) is 8.06. The lowest BCUT2D eigenvalue weighted by molar-refractivity contribution is -0.119. The molecule has 0 atom stereocenters. The van der Waals surface area contributed by atoms with Crippen LogP contribution >= 0.6 is 0 Å². The van der Waals surface area contributed by atoms with Gasteiger partial charge in [0.05, 0.1) is 12.2 Å². The van der Waals surface area contributed by atoms with Crippen LogP contribution in [-0.2, 0) is 4.79 Å². The molecular weight excluding hydrogens is 221 g/mol. The Labute approximate surface area is 99.6 Å². The van der Waals surface area contributed by atoms with Crippen LogP contribution in [0.3, 0.4) is 0 Å². The van der Waals surface area contributed by atoms with Gasteiger partial charge >= 0.3 is 0 Å². The second-order valence-electron chi connectivity index (χ2n) is 4.41. The van der Waals surface area contributed by atoms with E-state index >= 15 is 0 Å². The van der Waals surface area contributed by atoms with Crippen molar-refractivity contribution in [1.82, 2.24) is 5.32 Å². The van der Waals surface area contributed by atoms with Crippen LogP contribution in [0.25, 0.3) is 0 Å². The second-order valence-corrected chi connectivity index (χ2v) is 4.41. The van der Waals surface area contributed by atoms with Gasteiger partial charge in [-0.15, -0.1) is 0 Å². The van der Waals surface area contributed by atoms with Crippen molar-refractivity contribution in [2.75, 3.05) is 24.2 Å². The number of anilines is 2. The van der Waals surface area contributed by atoms with Gasteiger partial charge in [0.1, 0.15) is 5.82 Å². The summed E-state index contributed by atoms with van der Waals surface area (Å²) in [5.74, 6) is -0.488. The van der Waals surface area contributed by atoms with Crippen molar-refractivity contribution in [2.45, 2.75) is 18.9 Å². The summed E-state index contributed by atoms with van der Waals surface area (Å²) in [4.78, 5) is 13.1. The van der Waals surface area contributed by atoms with E-state index < -0.39 is 5.82 Å². The fourth-order valence-corrected chi connectivity index (χ4v) is 1.63. The number of nitrogens with one attached hydrogen (secondary N) is 1. The van der Waals surface area contributed by atoms with Gasteiger partial charge in [-0.05, 0) is 31.0 Å². The average Bonchev–Trinajstić information content (AvgIpc) is 3.00. The Hall–Kier alpha value is -1.78. The van der Waals surface area contributed by atoms with Gasteiger partial charge in [-0.25, -0.2) is 4.39 Å². The zero-order valence-corrected chi connectivity index (χ0v) is 9.74. The molecule has 5 heteroatoms. The van der Waals surface area contributed by atoms with Crippen LogP contribution < -0.4 is 16.0 Å². The molecule has 0 aliphatic heterocycles. The van der Waals surface area contributed by atoms with Gasteiger partial charge in [-0.1, -0.05) is 0 Å². The number of carbonyl (C=O) groups is 1. The normalized spacial score (nSPS) is 14.5. The van der Waals surface area contributed by atoms with E-state index in [1.165, 1.54) is 6.07 Å². The van der Waals surface area contributed by atoms with Gasteiger partial charge in [0.15, 0.2) is 0 Å². The Morgan fingerprint density at radius 1 is 1.59 bits per heavy atom. The third kappa shape index (κ3) is 3.09. The number of nitrogen functional groups attached to an aromatic ring is 1. The molecule has 1 aromatic carbocycles. The number of benzene rings is 1. The minimum absolute atomic E-state index is 0.0776. The number of nitrogens with zero attached hydrogens (tertiary/aromatic N) is 1. The Bertz CT molecular complexity index is 432. The standard InChI is InChI=1S/C12H16FN3O/c1-16(7-12(17)15-9-3-4-9)11-5-2-8(14)6-10(11)13/h2,5-6,9H,3-4,7,14H2,1H3,(H,15,17). The summed E-state index contributed by atoms with van der Waals surface area (Å²) in [5.41, 5.74) is 6.22. The van der Waals surface area contributed by atoms with E-state index in [1.807, 2.05) is 0 Å². The average molecular weight is 237 g/mol. The summed E-state index contributed by atoms with van der Waals surface area (Å²) in [6.45, 7) is 0.150. The molecule has 0 saturated heterocycles. The quantitative estimate of drug-likeness (QED) is 0.772. The Morgan fingerprint density at radius 2 is 2.29 bits per heavy atom. The van der Waals surface area contributed by atoms with Crippen molar-refractivity contribution >= 4 is 17.3 Å². The number of rotatable bonds is 4. The molecule has 4 nitrogen and oxygen atoms in total. The summed E-state index contributed by atoms with van der Waals surface area (Å²) < 4.78 is 13.6. The first kappa shape index (κ1) is 11.7. The molecule has 1 aromatic rings. The molecule has 1 aliphatic carbocycles.